The molecule has 1 aromatic heterocycles. The van der Waals surface area contributed by atoms with Crippen molar-refractivity contribution in [1.29, 1.82) is 0 Å². The maximum atomic E-state index is 4.31. The maximum Gasteiger partial charge on any atom is 0.116 e. The summed E-state index contributed by atoms with van der Waals surface area (Å²) in [5, 5.41) is 1.11. The third-order valence-corrected chi connectivity index (χ3v) is 4.30. The lowest BCUT2D eigenvalue weighted by atomic mass is 9.84. The van der Waals surface area contributed by atoms with E-state index in [1.54, 1.807) is 6.33 Å². The van der Waals surface area contributed by atoms with E-state index in [0.29, 0.717) is 5.92 Å². The molecule has 1 aliphatic heterocycles. The first-order valence-electron chi connectivity index (χ1n) is 7.27. The van der Waals surface area contributed by atoms with Crippen LogP contribution in [-0.4, -0.2) is 28.5 Å². The minimum Gasteiger partial charge on any atom is -0.301 e. The Morgan fingerprint density at radius 3 is 3.00 bits per heavy atom. The summed E-state index contributed by atoms with van der Waals surface area (Å²) in [6, 6.07) is 15.3. The van der Waals surface area contributed by atoms with Crippen LogP contribution < -0.4 is 0 Å². The van der Waals surface area contributed by atoms with Gasteiger partial charge in [-0.2, -0.15) is 0 Å². The molecule has 0 amide bonds. The van der Waals surface area contributed by atoms with E-state index in [9.17, 15) is 0 Å². The van der Waals surface area contributed by atoms with Gasteiger partial charge in [0.15, 0.2) is 0 Å². The predicted molar refractivity (Wildman–Crippen MR) is 84.2 cm³/mol. The summed E-state index contributed by atoms with van der Waals surface area (Å²) in [6.45, 7) is 2.08. The number of benzene rings is 2. The highest BCUT2D eigenvalue weighted by Crippen LogP contribution is 2.33. The third kappa shape index (κ3) is 2.20. The van der Waals surface area contributed by atoms with Crippen LogP contribution in [0, 0.1) is 0 Å². The number of likely N-dealkylation sites (N-methyl/N-ethyl adjacent to an activating group) is 1. The first-order valence-corrected chi connectivity index (χ1v) is 7.27. The molecule has 2 heterocycles. The average molecular weight is 275 g/mol. The van der Waals surface area contributed by atoms with Crippen molar-refractivity contribution in [3.8, 4) is 0 Å². The molecular formula is C18H17N3. The summed E-state index contributed by atoms with van der Waals surface area (Å²) in [6.07, 6.45) is 3.50. The molecule has 2 aromatic carbocycles. The normalized spacial score (nSPS) is 18.6. The Morgan fingerprint density at radius 1 is 1.14 bits per heavy atom. The quantitative estimate of drug-likeness (QED) is 0.683. The maximum absolute atomic E-state index is 4.31. The van der Waals surface area contributed by atoms with Gasteiger partial charge >= 0.3 is 0 Å². The SMILES string of the molecule is CN1Cc2ccccc2[C@@H](c2ccc3ncncc3c2)C1. The Balaban J connectivity index is 1.84. The number of aromatic nitrogens is 2. The molecule has 1 atom stereocenters. The standard InChI is InChI=1S/C18H17N3/c1-21-10-14-4-2-3-5-16(14)17(11-21)13-6-7-18-15(8-13)9-19-12-20-18/h2-9,12,17H,10-11H2,1H3/t17-/m1/s1. The topological polar surface area (TPSA) is 29.0 Å². The Labute approximate surface area is 124 Å². The van der Waals surface area contributed by atoms with Crippen LogP contribution in [0.4, 0.5) is 0 Å². The van der Waals surface area contributed by atoms with E-state index < -0.39 is 0 Å². The van der Waals surface area contributed by atoms with Gasteiger partial charge in [-0.25, -0.2) is 9.97 Å². The second-order valence-corrected chi connectivity index (χ2v) is 5.79. The van der Waals surface area contributed by atoms with E-state index in [1.807, 2.05) is 6.20 Å². The van der Waals surface area contributed by atoms with Crippen LogP contribution in [0.15, 0.2) is 55.0 Å². The summed E-state index contributed by atoms with van der Waals surface area (Å²) >= 11 is 0. The Bertz CT molecular complexity index is 797. The highest BCUT2D eigenvalue weighted by Gasteiger charge is 2.24. The molecule has 4 rings (SSSR count). The van der Waals surface area contributed by atoms with Crippen molar-refractivity contribution < 1.29 is 0 Å². The van der Waals surface area contributed by atoms with Crippen molar-refractivity contribution >= 4 is 10.9 Å². The minimum absolute atomic E-state index is 0.421. The first-order chi connectivity index (χ1) is 10.3. The Hall–Kier alpha value is -2.26. The minimum atomic E-state index is 0.421. The molecule has 3 aromatic rings. The zero-order chi connectivity index (χ0) is 14.2. The molecule has 0 N–H and O–H groups in total. The molecular weight excluding hydrogens is 258 g/mol. The number of fused-ring (bicyclic) bond motifs is 2. The highest BCUT2D eigenvalue weighted by atomic mass is 15.1. The smallest absolute Gasteiger partial charge is 0.116 e. The van der Waals surface area contributed by atoms with Crippen molar-refractivity contribution in [1.82, 2.24) is 14.9 Å². The van der Waals surface area contributed by atoms with Gasteiger partial charge in [0, 0.05) is 30.6 Å². The van der Waals surface area contributed by atoms with Crippen LogP contribution >= 0.6 is 0 Å². The van der Waals surface area contributed by atoms with Crippen LogP contribution in [0.25, 0.3) is 10.9 Å². The lowest BCUT2D eigenvalue weighted by Gasteiger charge is -2.32. The van der Waals surface area contributed by atoms with Gasteiger partial charge in [0.25, 0.3) is 0 Å². The fraction of sp³-hybridized carbons (Fsp3) is 0.222. The second-order valence-electron chi connectivity index (χ2n) is 5.79. The summed E-state index contributed by atoms with van der Waals surface area (Å²) in [7, 11) is 2.19. The van der Waals surface area contributed by atoms with Gasteiger partial charge in [0.1, 0.15) is 6.33 Å². The highest BCUT2D eigenvalue weighted by molar-refractivity contribution is 5.78. The zero-order valence-electron chi connectivity index (χ0n) is 12.0. The van der Waals surface area contributed by atoms with Crippen LogP contribution in [0.2, 0.25) is 0 Å². The van der Waals surface area contributed by atoms with Crippen LogP contribution in [0.1, 0.15) is 22.6 Å². The molecule has 0 bridgehead atoms. The summed E-state index contributed by atoms with van der Waals surface area (Å²) < 4.78 is 0. The largest absolute Gasteiger partial charge is 0.301 e. The molecule has 0 fully saturated rings. The summed E-state index contributed by atoms with van der Waals surface area (Å²) in [5.41, 5.74) is 5.23. The number of hydrogen-bond donors (Lipinski definition) is 0. The van der Waals surface area contributed by atoms with Gasteiger partial charge in [-0.3, -0.25) is 0 Å². The van der Waals surface area contributed by atoms with Crippen molar-refractivity contribution in [2.75, 3.05) is 13.6 Å². The number of rotatable bonds is 1. The predicted octanol–water partition coefficient (Wildman–Crippen LogP) is 3.21. The van der Waals surface area contributed by atoms with Crippen LogP contribution in [0.5, 0.6) is 0 Å². The molecule has 0 radical (unpaired) electrons. The van der Waals surface area contributed by atoms with Gasteiger partial charge < -0.3 is 4.90 Å². The zero-order valence-corrected chi connectivity index (χ0v) is 12.0. The summed E-state index contributed by atoms with van der Waals surface area (Å²) in [5.74, 6) is 0.421. The van der Waals surface area contributed by atoms with Crippen molar-refractivity contribution in [2.45, 2.75) is 12.5 Å². The van der Waals surface area contributed by atoms with E-state index in [1.165, 1.54) is 16.7 Å². The molecule has 3 heteroatoms. The molecule has 21 heavy (non-hydrogen) atoms. The molecule has 0 unspecified atom stereocenters. The van der Waals surface area contributed by atoms with Gasteiger partial charge in [0.05, 0.1) is 5.52 Å². The van der Waals surface area contributed by atoms with E-state index in [4.69, 9.17) is 0 Å². The fourth-order valence-electron chi connectivity index (χ4n) is 3.29. The van der Waals surface area contributed by atoms with E-state index >= 15 is 0 Å². The van der Waals surface area contributed by atoms with Crippen molar-refractivity contribution in [3.63, 3.8) is 0 Å². The third-order valence-electron chi connectivity index (χ3n) is 4.30. The van der Waals surface area contributed by atoms with Gasteiger partial charge in [-0.05, 0) is 35.9 Å². The van der Waals surface area contributed by atoms with Crippen molar-refractivity contribution in [2.24, 2.45) is 0 Å². The monoisotopic (exact) mass is 275 g/mol. The Kier molecular flexibility index (Phi) is 2.93. The van der Waals surface area contributed by atoms with E-state index in [-0.39, 0.29) is 0 Å². The average Bonchev–Trinajstić information content (AvgIpc) is 2.53. The number of hydrogen-bond acceptors (Lipinski definition) is 3. The van der Waals surface area contributed by atoms with Gasteiger partial charge in [-0.1, -0.05) is 30.3 Å². The van der Waals surface area contributed by atoms with E-state index in [2.05, 4.69) is 64.4 Å². The molecule has 104 valence electrons. The van der Waals surface area contributed by atoms with Gasteiger partial charge in [-0.15, -0.1) is 0 Å². The van der Waals surface area contributed by atoms with Crippen LogP contribution in [-0.2, 0) is 6.54 Å². The number of nitrogens with zero attached hydrogens (tertiary/aromatic N) is 3. The molecule has 0 saturated heterocycles. The van der Waals surface area contributed by atoms with Crippen LogP contribution in [0.3, 0.4) is 0 Å². The lowest BCUT2D eigenvalue weighted by molar-refractivity contribution is 0.295. The van der Waals surface area contributed by atoms with Gasteiger partial charge in [0.2, 0.25) is 0 Å². The molecule has 1 aliphatic rings. The lowest BCUT2D eigenvalue weighted by Crippen LogP contribution is -2.30. The molecule has 0 spiro atoms. The second kappa shape index (κ2) is 4.93. The molecule has 3 nitrogen and oxygen atoms in total. The molecule has 0 aliphatic carbocycles. The fourth-order valence-corrected chi connectivity index (χ4v) is 3.29. The summed E-state index contributed by atoms with van der Waals surface area (Å²) in [4.78, 5) is 10.8. The Morgan fingerprint density at radius 2 is 2.05 bits per heavy atom. The van der Waals surface area contributed by atoms with Crippen molar-refractivity contribution in [3.05, 3.63) is 71.7 Å². The molecule has 0 saturated carbocycles. The first kappa shape index (κ1) is 12.5. The van der Waals surface area contributed by atoms with E-state index in [0.717, 1.165) is 24.0 Å².